The van der Waals surface area contributed by atoms with Crippen LogP contribution in [0.5, 0.6) is 0 Å². The number of anilines is 2. The lowest BCUT2D eigenvalue weighted by atomic mass is 9.99. The van der Waals surface area contributed by atoms with Crippen LogP contribution in [0, 0.1) is 6.92 Å². The van der Waals surface area contributed by atoms with E-state index in [2.05, 4.69) is 10.6 Å². The van der Waals surface area contributed by atoms with Gasteiger partial charge in [-0.1, -0.05) is 42.5 Å². The Labute approximate surface area is 172 Å². The molecule has 3 aromatic rings. The van der Waals surface area contributed by atoms with E-state index in [4.69, 9.17) is 0 Å². The molecule has 6 nitrogen and oxygen atoms in total. The summed E-state index contributed by atoms with van der Waals surface area (Å²) in [5, 5.41) is 14.7. The summed E-state index contributed by atoms with van der Waals surface area (Å²) in [5.74, 6) is -0.917. The summed E-state index contributed by atoms with van der Waals surface area (Å²) in [5.41, 5.74) is 3.89. The van der Waals surface area contributed by atoms with Crippen LogP contribution >= 0.6 is 0 Å². The SMILES string of the molecule is Cc1ccccc1C(=O)Nc1cccc(C(=O)c2ccc3c(c2)NC(=O)/C3=C\O)c1. The minimum absolute atomic E-state index is 0.157. The van der Waals surface area contributed by atoms with Crippen molar-refractivity contribution in [3.63, 3.8) is 0 Å². The molecular weight excluding hydrogens is 380 g/mol. The molecule has 3 N–H and O–H groups in total. The van der Waals surface area contributed by atoms with Gasteiger partial charge in [-0.2, -0.15) is 0 Å². The van der Waals surface area contributed by atoms with Gasteiger partial charge in [-0.05, 0) is 36.8 Å². The predicted molar refractivity (Wildman–Crippen MR) is 115 cm³/mol. The van der Waals surface area contributed by atoms with Crippen LogP contribution in [0.1, 0.15) is 37.4 Å². The van der Waals surface area contributed by atoms with Crippen molar-refractivity contribution in [2.75, 3.05) is 10.6 Å². The summed E-state index contributed by atoms with van der Waals surface area (Å²) in [7, 11) is 0. The number of aryl methyl sites for hydroxylation is 1. The third-order valence-corrected chi connectivity index (χ3v) is 4.97. The fourth-order valence-electron chi connectivity index (χ4n) is 3.39. The summed E-state index contributed by atoms with van der Waals surface area (Å²) >= 11 is 0. The average Bonchev–Trinajstić information content (AvgIpc) is 3.07. The Morgan fingerprint density at radius 2 is 1.73 bits per heavy atom. The number of ketones is 1. The van der Waals surface area contributed by atoms with E-state index in [1.54, 1.807) is 54.6 Å². The number of aliphatic hydroxyl groups excluding tert-OH is 1. The minimum atomic E-state index is -0.419. The van der Waals surface area contributed by atoms with Crippen molar-refractivity contribution < 1.29 is 19.5 Å². The molecule has 0 bridgehead atoms. The van der Waals surface area contributed by atoms with Gasteiger partial charge in [-0.25, -0.2) is 0 Å². The van der Waals surface area contributed by atoms with Crippen LogP contribution in [0.25, 0.3) is 5.57 Å². The number of carbonyl (C=O) groups excluding carboxylic acids is 3. The number of nitrogens with one attached hydrogen (secondary N) is 2. The average molecular weight is 398 g/mol. The van der Waals surface area contributed by atoms with Crippen molar-refractivity contribution in [3.05, 3.63) is 101 Å². The van der Waals surface area contributed by atoms with E-state index in [0.29, 0.717) is 33.6 Å². The van der Waals surface area contributed by atoms with Gasteiger partial charge in [-0.15, -0.1) is 0 Å². The van der Waals surface area contributed by atoms with E-state index in [1.807, 2.05) is 19.1 Å². The summed E-state index contributed by atoms with van der Waals surface area (Å²) < 4.78 is 0. The number of hydrogen-bond acceptors (Lipinski definition) is 4. The van der Waals surface area contributed by atoms with E-state index in [-0.39, 0.29) is 17.3 Å². The molecule has 0 aromatic heterocycles. The van der Waals surface area contributed by atoms with Crippen molar-refractivity contribution in [3.8, 4) is 0 Å². The van der Waals surface area contributed by atoms with Crippen LogP contribution in [0.2, 0.25) is 0 Å². The molecule has 0 atom stereocenters. The number of benzene rings is 3. The zero-order valence-corrected chi connectivity index (χ0v) is 16.1. The summed E-state index contributed by atoms with van der Waals surface area (Å²) in [6, 6.07) is 18.7. The Balaban J connectivity index is 1.58. The van der Waals surface area contributed by atoms with Crippen LogP contribution in [0.4, 0.5) is 11.4 Å². The molecule has 6 heteroatoms. The van der Waals surface area contributed by atoms with Crippen molar-refractivity contribution in [1.82, 2.24) is 0 Å². The van der Waals surface area contributed by atoms with Crippen LogP contribution in [-0.2, 0) is 4.79 Å². The monoisotopic (exact) mass is 398 g/mol. The van der Waals surface area contributed by atoms with Gasteiger partial charge < -0.3 is 15.7 Å². The fourth-order valence-corrected chi connectivity index (χ4v) is 3.39. The maximum atomic E-state index is 13.0. The van der Waals surface area contributed by atoms with Gasteiger partial charge in [0.15, 0.2) is 5.78 Å². The lowest BCUT2D eigenvalue weighted by Gasteiger charge is -2.09. The summed E-state index contributed by atoms with van der Waals surface area (Å²) in [6.45, 7) is 1.86. The maximum absolute atomic E-state index is 13.0. The zero-order valence-electron chi connectivity index (χ0n) is 16.1. The molecule has 1 aliphatic heterocycles. The highest BCUT2D eigenvalue weighted by Crippen LogP contribution is 2.32. The second kappa shape index (κ2) is 7.67. The smallest absolute Gasteiger partial charge is 0.259 e. The topological polar surface area (TPSA) is 95.5 Å². The Bertz CT molecular complexity index is 1230. The van der Waals surface area contributed by atoms with E-state index in [9.17, 15) is 19.5 Å². The number of aliphatic hydroxyl groups is 1. The van der Waals surface area contributed by atoms with Crippen molar-refractivity contribution in [2.24, 2.45) is 0 Å². The van der Waals surface area contributed by atoms with E-state index in [0.717, 1.165) is 11.8 Å². The van der Waals surface area contributed by atoms with Gasteiger partial charge in [0.25, 0.3) is 11.8 Å². The number of hydrogen-bond donors (Lipinski definition) is 3. The molecule has 0 saturated carbocycles. The maximum Gasteiger partial charge on any atom is 0.259 e. The Morgan fingerprint density at radius 3 is 2.50 bits per heavy atom. The molecule has 30 heavy (non-hydrogen) atoms. The third kappa shape index (κ3) is 3.46. The highest BCUT2D eigenvalue weighted by Gasteiger charge is 2.25. The van der Waals surface area contributed by atoms with Gasteiger partial charge >= 0.3 is 0 Å². The normalized spacial score (nSPS) is 13.6. The summed E-state index contributed by atoms with van der Waals surface area (Å²) in [6.07, 6.45) is 0.753. The van der Waals surface area contributed by atoms with Crippen molar-refractivity contribution in [1.29, 1.82) is 0 Å². The Hall–Kier alpha value is -4.19. The number of amides is 2. The number of rotatable bonds is 4. The van der Waals surface area contributed by atoms with E-state index < -0.39 is 5.91 Å². The highest BCUT2D eigenvalue weighted by atomic mass is 16.2. The molecule has 0 unspecified atom stereocenters. The third-order valence-electron chi connectivity index (χ3n) is 4.97. The van der Waals surface area contributed by atoms with E-state index >= 15 is 0 Å². The first-order chi connectivity index (χ1) is 14.5. The van der Waals surface area contributed by atoms with Crippen LogP contribution < -0.4 is 10.6 Å². The lowest BCUT2D eigenvalue weighted by Crippen LogP contribution is -2.13. The highest BCUT2D eigenvalue weighted by molar-refractivity contribution is 6.31. The predicted octanol–water partition coefficient (Wildman–Crippen LogP) is 4.33. The molecule has 0 saturated heterocycles. The molecule has 148 valence electrons. The lowest BCUT2D eigenvalue weighted by molar-refractivity contribution is -0.110. The Morgan fingerprint density at radius 1 is 0.967 bits per heavy atom. The number of fused-ring (bicyclic) bond motifs is 1. The van der Waals surface area contributed by atoms with Crippen LogP contribution in [0.15, 0.2) is 73.0 Å². The molecule has 1 aliphatic rings. The molecule has 3 aromatic carbocycles. The fraction of sp³-hybridized carbons (Fsp3) is 0.0417. The zero-order chi connectivity index (χ0) is 21.3. The second-order valence-corrected chi connectivity index (χ2v) is 6.94. The summed E-state index contributed by atoms with van der Waals surface area (Å²) in [4.78, 5) is 37.3. The molecule has 4 rings (SSSR count). The first kappa shape index (κ1) is 19.1. The minimum Gasteiger partial charge on any atom is -0.515 e. The largest absolute Gasteiger partial charge is 0.515 e. The van der Waals surface area contributed by atoms with Gasteiger partial charge in [0, 0.05) is 33.6 Å². The van der Waals surface area contributed by atoms with Gasteiger partial charge in [-0.3, -0.25) is 14.4 Å². The van der Waals surface area contributed by atoms with Gasteiger partial charge in [0.2, 0.25) is 0 Å². The quantitative estimate of drug-likeness (QED) is 0.346. The first-order valence-corrected chi connectivity index (χ1v) is 9.30. The van der Waals surface area contributed by atoms with Crippen LogP contribution in [-0.4, -0.2) is 22.7 Å². The Kier molecular flexibility index (Phi) is 4.90. The van der Waals surface area contributed by atoms with Crippen molar-refractivity contribution >= 4 is 34.5 Å². The molecular formula is C24H18N2O4. The molecule has 1 heterocycles. The van der Waals surface area contributed by atoms with Crippen LogP contribution in [0.3, 0.4) is 0 Å². The van der Waals surface area contributed by atoms with E-state index in [1.165, 1.54) is 0 Å². The molecule has 0 spiro atoms. The number of carbonyl (C=O) groups is 3. The first-order valence-electron chi connectivity index (χ1n) is 9.30. The molecule has 0 radical (unpaired) electrons. The van der Waals surface area contributed by atoms with Crippen molar-refractivity contribution in [2.45, 2.75) is 6.92 Å². The van der Waals surface area contributed by atoms with Gasteiger partial charge in [0.1, 0.15) is 0 Å². The molecule has 0 fully saturated rings. The standard InChI is InChI=1S/C24H18N2O4/c1-14-5-2-3-8-18(14)23(29)25-17-7-4-6-15(11-17)22(28)16-9-10-19-20(13-27)24(30)26-21(19)12-16/h2-13,27H,1H3,(H,25,29)(H,26,30)/b20-13-. The second-order valence-electron chi connectivity index (χ2n) is 6.94. The van der Waals surface area contributed by atoms with Gasteiger partial charge in [0.05, 0.1) is 11.8 Å². The molecule has 2 amide bonds. The molecule has 0 aliphatic carbocycles.